The molecule has 0 aliphatic heterocycles. The number of carboxylic acid groups (broad SMARTS) is 1. The number of hydrogen-bond acceptors (Lipinski definition) is 4. The summed E-state index contributed by atoms with van der Waals surface area (Å²) < 4.78 is 4.79. The molecule has 0 spiro atoms. The molecule has 0 saturated heterocycles. The topological polar surface area (TPSA) is 117 Å². The van der Waals surface area contributed by atoms with Gasteiger partial charge in [-0.2, -0.15) is 0 Å². The molecule has 0 heterocycles. The molecule has 8 nitrogen and oxygen atoms in total. The monoisotopic (exact) mass is 301 g/mol. The summed E-state index contributed by atoms with van der Waals surface area (Å²) in [6, 6.07) is -0.452. The smallest absolute Gasteiger partial charge is 0.314 e. The summed E-state index contributed by atoms with van der Waals surface area (Å²) in [7, 11) is 1.55. The van der Waals surface area contributed by atoms with Crippen LogP contribution in [0.5, 0.6) is 0 Å². The molecule has 0 aromatic carbocycles. The van der Waals surface area contributed by atoms with Crippen molar-refractivity contribution in [2.45, 2.75) is 25.7 Å². The highest BCUT2D eigenvalue weighted by Gasteiger charge is 2.44. The number of nitrogens with one attached hydrogen (secondary N) is 3. The zero-order chi connectivity index (χ0) is 15.7. The average Bonchev–Trinajstić information content (AvgIpc) is 2.37. The average molecular weight is 301 g/mol. The van der Waals surface area contributed by atoms with E-state index in [-0.39, 0.29) is 25.4 Å². The van der Waals surface area contributed by atoms with Crippen molar-refractivity contribution in [2.24, 2.45) is 5.41 Å². The van der Waals surface area contributed by atoms with E-state index in [0.29, 0.717) is 26.0 Å². The van der Waals surface area contributed by atoms with E-state index in [2.05, 4.69) is 16.0 Å². The van der Waals surface area contributed by atoms with Crippen molar-refractivity contribution < 1.29 is 24.2 Å². The van der Waals surface area contributed by atoms with Crippen molar-refractivity contribution in [3.8, 4) is 0 Å². The van der Waals surface area contributed by atoms with E-state index in [4.69, 9.17) is 9.84 Å². The highest BCUT2D eigenvalue weighted by molar-refractivity contribution is 5.80. The van der Waals surface area contributed by atoms with Gasteiger partial charge in [-0.3, -0.25) is 9.59 Å². The fraction of sp³-hybridized carbons (Fsp3) is 0.769. The van der Waals surface area contributed by atoms with Crippen LogP contribution >= 0.6 is 0 Å². The highest BCUT2D eigenvalue weighted by Crippen LogP contribution is 2.40. The van der Waals surface area contributed by atoms with Gasteiger partial charge in [0.15, 0.2) is 0 Å². The van der Waals surface area contributed by atoms with Crippen LogP contribution in [0.1, 0.15) is 25.7 Å². The first-order valence-electron chi connectivity index (χ1n) is 7.01. The number of urea groups is 1. The molecule has 0 aromatic rings. The fourth-order valence-corrected chi connectivity index (χ4v) is 2.05. The summed E-state index contributed by atoms with van der Waals surface area (Å²) in [5.41, 5.74) is -0.811. The molecule has 120 valence electrons. The summed E-state index contributed by atoms with van der Waals surface area (Å²) in [5.74, 6) is -1.04. The van der Waals surface area contributed by atoms with Crippen LogP contribution in [0, 0.1) is 5.41 Å². The van der Waals surface area contributed by atoms with Crippen molar-refractivity contribution in [3.05, 3.63) is 0 Å². The highest BCUT2D eigenvalue weighted by atomic mass is 16.5. The number of amides is 3. The van der Waals surface area contributed by atoms with Crippen molar-refractivity contribution in [1.82, 2.24) is 16.0 Å². The van der Waals surface area contributed by atoms with Gasteiger partial charge in [-0.1, -0.05) is 6.42 Å². The summed E-state index contributed by atoms with van der Waals surface area (Å²) >= 11 is 0. The zero-order valence-electron chi connectivity index (χ0n) is 12.2. The first-order valence-corrected chi connectivity index (χ1v) is 7.01. The predicted octanol–water partition coefficient (Wildman–Crippen LogP) is -0.307. The summed E-state index contributed by atoms with van der Waals surface area (Å²) in [5, 5.41) is 16.8. The van der Waals surface area contributed by atoms with Crippen LogP contribution in [0.25, 0.3) is 0 Å². The van der Waals surface area contributed by atoms with Gasteiger partial charge in [-0.05, 0) is 12.8 Å². The Hall–Kier alpha value is -1.83. The second-order valence-corrected chi connectivity index (χ2v) is 5.14. The van der Waals surface area contributed by atoms with Crippen LogP contribution in [0.3, 0.4) is 0 Å². The van der Waals surface area contributed by atoms with Crippen LogP contribution in [0.4, 0.5) is 4.79 Å². The third-order valence-electron chi connectivity index (χ3n) is 3.62. The molecule has 0 unspecified atom stereocenters. The van der Waals surface area contributed by atoms with Gasteiger partial charge < -0.3 is 25.8 Å². The second kappa shape index (κ2) is 8.46. The molecule has 0 bridgehead atoms. The molecule has 0 atom stereocenters. The van der Waals surface area contributed by atoms with Gasteiger partial charge in [0.2, 0.25) is 5.91 Å². The lowest BCUT2D eigenvalue weighted by molar-refractivity contribution is -0.153. The third-order valence-corrected chi connectivity index (χ3v) is 3.62. The molecular weight excluding hydrogens is 278 g/mol. The molecule has 1 aliphatic carbocycles. The van der Waals surface area contributed by atoms with Gasteiger partial charge in [0.25, 0.3) is 0 Å². The number of hydrogen-bond donors (Lipinski definition) is 4. The number of ether oxygens (including phenoxy) is 1. The van der Waals surface area contributed by atoms with Crippen molar-refractivity contribution in [1.29, 1.82) is 0 Å². The van der Waals surface area contributed by atoms with Gasteiger partial charge in [-0.15, -0.1) is 0 Å². The third kappa shape index (κ3) is 5.58. The van der Waals surface area contributed by atoms with Crippen LogP contribution in [-0.4, -0.2) is 56.4 Å². The fourth-order valence-electron chi connectivity index (χ4n) is 2.05. The number of carboxylic acids is 1. The molecule has 1 rings (SSSR count). The van der Waals surface area contributed by atoms with Crippen molar-refractivity contribution >= 4 is 17.9 Å². The Morgan fingerprint density at radius 1 is 1.14 bits per heavy atom. The maximum absolute atomic E-state index is 11.5. The Labute approximate surface area is 123 Å². The molecular formula is C13H23N3O5. The van der Waals surface area contributed by atoms with E-state index in [1.54, 1.807) is 7.11 Å². The molecule has 1 fully saturated rings. The zero-order valence-corrected chi connectivity index (χ0v) is 12.2. The Balaban J connectivity index is 2.11. The first kappa shape index (κ1) is 17.2. The standard InChI is InChI=1S/C13H23N3O5/c1-21-8-7-14-10(17)3-6-15-12(20)16-9-13(11(18)19)4-2-5-13/h2-9H2,1H3,(H,14,17)(H,18,19)(H2,15,16,20). The molecule has 1 saturated carbocycles. The van der Waals surface area contributed by atoms with Gasteiger partial charge in [0, 0.05) is 33.2 Å². The summed E-state index contributed by atoms with van der Waals surface area (Å²) in [6.07, 6.45) is 2.22. The molecule has 3 amide bonds. The van der Waals surface area contributed by atoms with Crippen molar-refractivity contribution in [3.63, 3.8) is 0 Å². The molecule has 1 aliphatic rings. The van der Waals surface area contributed by atoms with Crippen molar-refractivity contribution in [2.75, 3.05) is 33.4 Å². The number of carbonyl (C=O) groups is 3. The Bertz CT molecular complexity index is 382. The Morgan fingerprint density at radius 2 is 1.86 bits per heavy atom. The van der Waals surface area contributed by atoms with Crippen LogP contribution in [0.15, 0.2) is 0 Å². The lowest BCUT2D eigenvalue weighted by atomic mass is 9.69. The predicted molar refractivity (Wildman–Crippen MR) is 74.8 cm³/mol. The Kier molecular flexibility index (Phi) is 6.93. The minimum atomic E-state index is -0.869. The van der Waals surface area contributed by atoms with E-state index in [1.807, 2.05) is 0 Å². The van der Waals surface area contributed by atoms with Crippen LogP contribution in [0.2, 0.25) is 0 Å². The van der Waals surface area contributed by atoms with E-state index in [1.165, 1.54) is 0 Å². The maximum atomic E-state index is 11.5. The SMILES string of the molecule is COCCNC(=O)CCNC(=O)NCC1(C(=O)O)CCC1. The van der Waals surface area contributed by atoms with Gasteiger partial charge in [0.1, 0.15) is 0 Å². The van der Waals surface area contributed by atoms with E-state index < -0.39 is 17.4 Å². The normalized spacial score (nSPS) is 15.7. The minimum absolute atomic E-state index is 0.119. The number of rotatable bonds is 9. The van der Waals surface area contributed by atoms with Crippen LogP contribution in [-0.2, 0) is 14.3 Å². The van der Waals surface area contributed by atoms with Crippen LogP contribution < -0.4 is 16.0 Å². The van der Waals surface area contributed by atoms with E-state index in [9.17, 15) is 14.4 Å². The second-order valence-electron chi connectivity index (χ2n) is 5.14. The van der Waals surface area contributed by atoms with Gasteiger partial charge in [0.05, 0.1) is 12.0 Å². The van der Waals surface area contributed by atoms with Gasteiger partial charge in [-0.25, -0.2) is 4.79 Å². The summed E-state index contributed by atoms with van der Waals surface area (Å²) in [4.78, 5) is 34.0. The minimum Gasteiger partial charge on any atom is -0.481 e. The van der Waals surface area contributed by atoms with Gasteiger partial charge >= 0.3 is 12.0 Å². The molecule has 4 N–H and O–H groups in total. The lowest BCUT2D eigenvalue weighted by Crippen LogP contribution is -2.50. The largest absolute Gasteiger partial charge is 0.481 e. The molecule has 8 heteroatoms. The molecule has 0 radical (unpaired) electrons. The first-order chi connectivity index (χ1) is 10.00. The van der Waals surface area contributed by atoms with E-state index >= 15 is 0 Å². The molecule has 21 heavy (non-hydrogen) atoms. The quantitative estimate of drug-likeness (QED) is 0.436. The van der Waals surface area contributed by atoms with E-state index in [0.717, 1.165) is 6.42 Å². The lowest BCUT2D eigenvalue weighted by Gasteiger charge is -2.37. The Morgan fingerprint density at radius 3 is 2.38 bits per heavy atom. The summed E-state index contributed by atoms with van der Waals surface area (Å²) in [6.45, 7) is 1.19. The number of methoxy groups -OCH3 is 1. The molecule has 0 aromatic heterocycles. The number of carbonyl (C=O) groups excluding carboxylic acids is 2. The maximum Gasteiger partial charge on any atom is 0.314 e. The number of aliphatic carboxylic acids is 1.